The number of methoxy groups -OCH3 is 1. The highest BCUT2D eigenvalue weighted by molar-refractivity contribution is 7.71. The number of rotatable bonds is 4. The molecule has 3 aromatic rings. The Morgan fingerprint density at radius 3 is 2.61 bits per heavy atom. The van der Waals surface area contributed by atoms with Crippen LogP contribution in [0.15, 0.2) is 29.1 Å². The standard InChI is InChI=1S/C17H18N2O2S2/c1-4-13-10(2)23-15-14(13)16(20)19(17(22)18-15)9-11-5-7-12(21-3)8-6-11/h5-8H,4,9H2,1-3H3,(H,18,22). The fourth-order valence-electron chi connectivity index (χ4n) is 2.77. The number of nitrogens with zero attached hydrogens (tertiary/aromatic N) is 1. The van der Waals surface area contributed by atoms with Crippen molar-refractivity contribution in [2.24, 2.45) is 0 Å². The first-order valence-electron chi connectivity index (χ1n) is 7.43. The van der Waals surface area contributed by atoms with Crippen LogP contribution in [0, 0.1) is 11.7 Å². The number of hydrogen-bond donors (Lipinski definition) is 1. The lowest BCUT2D eigenvalue weighted by atomic mass is 10.1. The molecule has 0 atom stereocenters. The zero-order chi connectivity index (χ0) is 16.6. The fraction of sp³-hybridized carbons (Fsp3) is 0.294. The number of ether oxygens (including phenoxy) is 1. The van der Waals surface area contributed by atoms with Gasteiger partial charge in [0.1, 0.15) is 10.6 Å². The minimum atomic E-state index is -0.0132. The zero-order valence-electron chi connectivity index (χ0n) is 13.3. The van der Waals surface area contributed by atoms with Crippen LogP contribution in [0.3, 0.4) is 0 Å². The number of H-pyrrole nitrogens is 1. The van der Waals surface area contributed by atoms with Gasteiger partial charge in [0.05, 0.1) is 19.0 Å². The Balaban J connectivity index is 2.13. The summed E-state index contributed by atoms with van der Waals surface area (Å²) in [5.41, 5.74) is 2.11. The van der Waals surface area contributed by atoms with E-state index in [1.165, 1.54) is 4.88 Å². The Morgan fingerprint density at radius 1 is 1.30 bits per heavy atom. The number of fused-ring (bicyclic) bond motifs is 1. The van der Waals surface area contributed by atoms with Gasteiger partial charge in [-0.05, 0) is 48.8 Å². The molecular formula is C17H18N2O2S2. The second-order valence-electron chi connectivity index (χ2n) is 5.36. The van der Waals surface area contributed by atoms with Gasteiger partial charge in [0.2, 0.25) is 0 Å². The first-order chi connectivity index (χ1) is 11.0. The summed E-state index contributed by atoms with van der Waals surface area (Å²) >= 11 is 6.99. The molecule has 6 heteroatoms. The summed E-state index contributed by atoms with van der Waals surface area (Å²) in [4.78, 5) is 18.2. The largest absolute Gasteiger partial charge is 0.497 e. The molecule has 0 saturated heterocycles. The van der Waals surface area contributed by atoms with E-state index in [1.54, 1.807) is 23.0 Å². The molecule has 0 saturated carbocycles. The van der Waals surface area contributed by atoms with E-state index in [0.29, 0.717) is 11.3 Å². The highest BCUT2D eigenvalue weighted by atomic mass is 32.1. The summed E-state index contributed by atoms with van der Waals surface area (Å²) in [5, 5.41) is 0.775. The summed E-state index contributed by atoms with van der Waals surface area (Å²) in [6.45, 7) is 4.57. The van der Waals surface area contributed by atoms with Crippen LogP contribution in [0.2, 0.25) is 0 Å². The number of hydrogen-bond acceptors (Lipinski definition) is 4. The van der Waals surface area contributed by atoms with Crippen LogP contribution in [0.5, 0.6) is 5.75 Å². The number of aromatic amines is 1. The third kappa shape index (κ3) is 2.84. The molecule has 4 nitrogen and oxygen atoms in total. The van der Waals surface area contributed by atoms with Crippen molar-refractivity contribution < 1.29 is 4.74 Å². The molecule has 0 bridgehead atoms. The molecule has 2 aromatic heterocycles. The minimum Gasteiger partial charge on any atom is -0.497 e. The lowest BCUT2D eigenvalue weighted by Gasteiger charge is -2.08. The molecule has 120 valence electrons. The Bertz CT molecular complexity index is 965. The molecule has 3 rings (SSSR count). The van der Waals surface area contributed by atoms with Crippen molar-refractivity contribution in [3.05, 3.63) is 55.4 Å². The number of aryl methyl sites for hydroxylation is 2. The van der Waals surface area contributed by atoms with E-state index in [-0.39, 0.29) is 5.56 Å². The molecule has 2 heterocycles. The average Bonchev–Trinajstić information content (AvgIpc) is 2.87. The van der Waals surface area contributed by atoms with Crippen molar-refractivity contribution in [1.29, 1.82) is 0 Å². The maximum absolute atomic E-state index is 12.9. The second-order valence-corrected chi connectivity index (χ2v) is 6.98. The molecule has 1 N–H and O–H groups in total. The van der Waals surface area contributed by atoms with Gasteiger partial charge in [0.25, 0.3) is 5.56 Å². The van der Waals surface area contributed by atoms with Gasteiger partial charge in [-0.2, -0.15) is 0 Å². The van der Waals surface area contributed by atoms with E-state index < -0.39 is 0 Å². The molecule has 0 amide bonds. The van der Waals surface area contributed by atoms with E-state index in [9.17, 15) is 4.79 Å². The maximum Gasteiger partial charge on any atom is 0.263 e. The van der Waals surface area contributed by atoms with Crippen LogP contribution < -0.4 is 10.3 Å². The van der Waals surface area contributed by atoms with E-state index in [0.717, 1.165) is 33.5 Å². The molecule has 0 aliphatic rings. The fourth-order valence-corrected chi connectivity index (χ4v) is 4.22. The second kappa shape index (κ2) is 6.29. The SMILES string of the molecule is CCc1c(C)sc2[nH]c(=S)n(Cc3ccc(OC)cc3)c(=O)c12. The minimum absolute atomic E-state index is 0.0132. The van der Waals surface area contributed by atoms with E-state index >= 15 is 0 Å². The van der Waals surface area contributed by atoms with Crippen LogP contribution in [-0.2, 0) is 13.0 Å². The lowest BCUT2D eigenvalue weighted by molar-refractivity contribution is 0.414. The van der Waals surface area contributed by atoms with Gasteiger partial charge in [0, 0.05) is 4.88 Å². The lowest BCUT2D eigenvalue weighted by Crippen LogP contribution is -2.22. The maximum atomic E-state index is 12.9. The first-order valence-corrected chi connectivity index (χ1v) is 8.65. The topological polar surface area (TPSA) is 47.0 Å². The van der Waals surface area contributed by atoms with Crippen LogP contribution in [0.4, 0.5) is 0 Å². The summed E-state index contributed by atoms with van der Waals surface area (Å²) < 4.78 is 7.25. The van der Waals surface area contributed by atoms with Crippen molar-refractivity contribution in [1.82, 2.24) is 9.55 Å². The Hall–Kier alpha value is -1.92. The quantitative estimate of drug-likeness (QED) is 0.725. The summed E-state index contributed by atoms with van der Waals surface area (Å²) in [6.07, 6.45) is 0.841. The van der Waals surface area contributed by atoms with Gasteiger partial charge in [-0.3, -0.25) is 9.36 Å². The molecule has 23 heavy (non-hydrogen) atoms. The molecule has 0 aliphatic carbocycles. The average molecular weight is 346 g/mol. The third-order valence-electron chi connectivity index (χ3n) is 3.99. The smallest absolute Gasteiger partial charge is 0.263 e. The van der Waals surface area contributed by atoms with Crippen LogP contribution in [0.25, 0.3) is 10.2 Å². The van der Waals surface area contributed by atoms with Crippen molar-refractivity contribution in [2.75, 3.05) is 7.11 Å². The molecule has 0 unspecified atom stereocenters. The van der Waals surface area contributed by atoms with Crippen LogP contribution in [0.1, 0.15) is 22.9 Å². The Labute approximate surface area is 143 Å². The number of nitrogens with one attached hydrogen (secondary N) is 1. The molecule has 0 spiro atoms. The Morgan fingerprint density at radius 2 is 2.00 bits per heavy atom. The molecule has 0 fully saturated rings. The van der Waals surface area contributed by atoms with Gasteiger partial charge in [0.15, 0.2) is 4.77 Å². The third-order valence-corrected chi connectivity index (χ3v) is 5.37. The van der Waals surface area contributed by atoms with Gasteiger partial charge in [-0.1, -0.05) is 19.1 Å². The molecule has 1 aromatic carbocycles. The van der Waals surface area contributed by atoms with Crippen molar-refractivity contribution in [3.8, 4) is 5.75 Å². The summed E-state index contributed by atoms with van der Waals surface area (Å²) in [5.74, 6) is 0.795. The van der Waals surface area contributed by atoms with E-state index in [4.69, 9.17) is 17.0 Å². The highest BCUT2D eigenvalue weighted by Crippen LogP contribution is 2.27. The summed E-state index contributed by atoms with van der Waals surface area (Å²) in [6, 6.07) is 7.67. The van der Waals surface area contributed by atoms with Gasteiger partial charge in [-0.25, -0.2) is 0 Å². The van der Waals surface area contributed by atoms with Crippen molar-refractivity contribution in [3.63, 3.8) is 0 Å². The summed E-state index contributed by atoms with van der Waals surface area (Å²) in [7, 11) is 1.63. The number of aromatic nitrogens is 2. The molecule has 0 radical (unpaired) electrons. The zero-order valence-corrected chi connectivity index (χ0v) is 14.9. The van der Waals surface area contributed by atoms with Crippen LogP contribution >= 0.6 is 23.6 Å². The molecule has 0 aliphatic heterocycles. The van der Waals surface area contributed by atoms with E-state index in [1.807, 2.05) is 31.2 Å². The van der Waals surface area contributed by atoms with Gasteiger partial charge >= 0.3 is 0 Å². The van der Waals surface area contributed by atoms with Crippen molar-refractivity contribution >= 4 is 33.8 Å². The predicted octanol–water partition coefficient (Wildman–Crippen LogP) is 4.05. The number of thiophene rings is 1. The van der Waals surface area contributed by atoms with E-state index in [2.05, 4.69) is 11.9 Å². The van der Waals surface area contributed by atoms with Crippen molar-refractivity contribution in [2.45, 2.75) is 26.8 Å². The Kier molecular flexibility index (Phi) is 4.37. The highest BCUT2D eigenvalue weighted by Gasteiger charge is 2.14. The normalized spacial score (nSPS) is 11.1. The van der Waals surface area contributed by atoms with Crippen LogP contribution in [-0.4, -0.2) is 16.7 Å². The molecular weight excluding hydrogens is 328 g/mol. The van der Waals surface area contributed by atoms with Gasteiger partial charge in [-0.15, -0.1) is 11.3 Å². The first kappa shape index (κ1) is 16.0. The number of benzene rings is 1. The monoisotopic (exact) mass is 346 g/mol. The van der Waals surface area contributed by atoms with Gasteiger partial charge < -0.3 is 9.72 Å². The predicted molar refractivity (Wildman–Crippen MR) is 97.5 cm³/mol.